The normalized spacial score (nSPS) is 27.5. The highest BCUT2D eigenvalue weighted by molar-refractivity contribution is 5.76. The van der Waals surface area contributed by atoms with Gasteiger partial charge in [0.2, 0.25) is 5.91 Å². The molecule has 2 aliphatic heterocycles. The minimum atomic E-state index is -0.291. The highest BCUT2D eigenvalue weighted by atomic mass is 16.6. The number of nitrogens with zero attached hydrogens (tertiary/aromatic N) is 1. The second-order valence-corrected chi connectivity index (χ2v) is 8.29. The zero-order valence-electron chi connectivity index (χ0n) is 15.8. The zero-order chi connectivity index (χ0) is 17.9. The predicted molar refractivity (Wildman–Crippen MR) is 98.6 cm³/mol. The van der Waals surface area contributed by atoms with Crippen LogP contribution in [0.3, 0.4) is 0 Å². The summed E-state index contributed by atoms with van der Waals surface area (Å²) in [5.41, 5.74) is 0.997. The van der Waals surface area contributed by atoms with Crippen LogP contribution in [0.1, 0.15) is 52.0 Å². The molecule has 2 fully saturated rings. The molecule has 0 aliphatic carbocycles. The Bertz CT molecular complexity index is 578. The quantitative estimate of drug-likeness (QED) is 0.838. The Balaban J connectivity index is 1.60. The van der Waals surface area contributed by atoms with Crippen molar-refractivity contribution in [2.45, 2.75) is 63.6 Å². The van der Waals surface area contributed by atoms with E-state index in [0.717, 1.165) is 25.9 Å². The molecule has 2 saturated heterocycles. The molecule has 1 aromatic carbocycles. The molecule has 3 rings (SSSR count). The molecule has 1 spiro atoms. The summed E-state index contributed by atoms with van der Waals surface area (Å²) in [4.78, 5) is 14.9. The Morgan fingerprint density at radius 3 is 2.76 bits per heavy atom. The van der Waals surface area contributed by atoms with Gasteiger partial charge in [-0.15, -0.1) is 0 Å². The summed E-state index contributed by atoms with van der Waals surface area (Å²) in [6.45, 7) is 9.26. The van der Waals surface area contributed by atoms with Gasteiger partial charge in [-0.2, -0.15) is 0 Å². The molecule has 0 N–H and O–H groups in total. The maximum Gasteiger partial charge on any atom is 0.222 e. The topological polar surface area (TPSA) is 38.8 Å². The van der Waals surface area contributed by atoms with Crippen LogP contribution in [-0.4, -0.2) is 48.8 Å². The number of carbonyl (C=O) groups excluding carboxylic acids is 1. The first kappa shape index (κ1) is 18.4. The second kappa shape index (κ2) is 7.46. The van der Waals surface area contributed by atoms with E-state index >= 15 is 0 Å². The van der Waals surface area contributed by atoms with Gasteiger partial charge in [-0.1, -0.05) is 44.2 Å². The number of ether oxygens (including phenoxy) is 2. The first-order valence-corrected chi connectivity index (χ1v) is 9.49. The van der Waals surface area contributed by atoms with E-state index in [1.807, 2.05) is 11.0 Å². The van der Waals surface area contributed by atoms with Gasteiger partial charge in [-0.25, -0.2) is 0 Å². The smallest absolute Gasteiger partial charge is 0.222 e. The molecule has 4 nitrogen and oxygen atoms in total. The lowest BCUT2D eigenvalue weighted by molar-refractivity contribution is -0.199. The first-order valence-electron chi connectivity index (χ1n) is 9.49. The van der Waals surface area contributed by atoms with Crippen molar-refractivity contribution < 1.29 is 14.3 Å². The second-order valence-electron chi connectivity index (χ2n) is 8.29. The van der Waals surface area contributed by atoms with E-state index in [9.17, 15) is 4.79 Å². The molecule has 1 amide bonds. The van der Waals surface area contributed by atoms with Crippen molar-refractivity contribution >= 4 is 5.91 Å². The van der Waals surface area contributed by atoms with E-state index in [-0.39, 0.29) is 23.0 Å². The van der Waals surface area contributed by atoms with Crippen LogP contribution in [0.5, 0.6) is 0 Å². The molecule has 25 heavy (non-hydrogen) atoms. The summed E-state index contributed by atoms with van der Waals surface area (Å²) in [5, 5.41) is 0. The van der Waals surface area contributed by atoms with Crippen LogP contribution in [-0.2, 0) is 19.7 Å². The van der Waals surface area contributed by atoms with E-state index in [2.05, 4.69) is 45.0 Å². The van der Waals surface area contributed by atoms with Gasteiger partial charge in [-0.3, -0.25) is 4.79 Å². The maximum atomic E-state index is 12.9. The van der Waals surface area contributed by atoms with Gasteiger partial charge >= 0.3 is 0 Å². The standard InChI is InChI=1S/C21H31NO3/c1-17-14-22(15-21(25-17)11-7-13-24-16-21)19(23)10-12-20(2,3)18-8-5-4-6-9-18/h4-6,8-9,17H,7,10-16H2,1-3H3/t17-,21-/m1/s1. The molecule has 2 aliphatic rings. The number of benzene rings is 1. The lowest BCUT2D eigenvalue weighted by atomic mass is 9.80. The molecule has 4 heteroatoms. The molecule has 0 radical (unpaired) electrons. The van der Waals surface area contributed by atoms with Crippen molar-refractivity contribution in [1.82, 2.24) is 4.90 Å². The summed E-state index contributed by atoms with van der Waals surface area (Å²) in [6.07, 6.45) is 3.49. The number of hydrogen-bond donors (Lipinski definition) is 0. The molecule has 138 valence electrons. The number of rotatable bonds is 4. The van der Waals surface area contributed by atoms with Gasteiger partial charge in [0.25, 0.3) is 0 Å². The largest absolute Gasteiger partial charge is 0.378 e. The fourth-order valence-electron chi connectivity index (χ4n) is 4.07. The van der Waals surface area contributed by atoms with Crippen molar-refractivity contribution in [3.8, 4) is 0 Å². The van der Waals surface area contributed by atoms with Gasteiger partial charge in [0, 0.05) is 19.6 Å². The van der Waals surface area contributed by atoms with Gasteiger partial charge in [0.15, 0.2) is 0 Å². The summed E-state index contributed by atoms with van der Waals surface area (Å²) >= 11 is 0. The molecule has 0 bridgehead atoms. The van der Waals surface area contributed by atoms with Gasteiger partial charge < -0.3 is 14.4 Å². The van der Waals surface area contributed by atoms with E-state index in [4.69, 9.17) is 9.47 Å². The monoisotopic (exact) mass is 345 g/mol. The fourth-order valence-corrected chi connectivity index (χ4v) is 4.07. The summed E-state index contributed by atoms with van der Waals surface area (Å²) in [6, 6.07) is 10.5. The Hall–Kier alpha value is -1.39. The van der Waals surface area contributed by atoms with E-state index in [0.29, 0.717) is 26.1 Å². The highest BCUT2D eigenvalue weighted by Gasteiger charge is 2.42. The highest BCUT2D eigenvalue weighted by Crippen LogP contribution is 2.32. The fraction of sp³-hybridized carbons (Fsp3) is 0.667. The predicted octanol–water partition coefficient (Wildman–Crippen LogP) is 3.54. The van der Waals surface area contributed by atoms with Gasteiger partial charge in [-0.05, 0) is 37.2 Å². The van der Waals surface area contributed by atoms with Crippen molar-refractivity contribution in [1.29, 1.82) is 0 Å². The molecule has 0 aromatic heterocycles. The number of morpholine rings is 1. The number of amides is 1. The van der Waals surface area contributed by atoms with E-state index < -0.39 is 0 Å². The Morgan fingerprint density at radius 1 is 1.32 bits per heavy atom. The molecular formula is C21H31NO3. The molecule has 0 unspecified atom stereocenters. The van der Waals surface area contributed by atoms with Crippen LogP contribution in [0.25, 0.3) is 0 Å². The average Bonchev–Trinajstić information content (AvgIpc) is 2.60. The zero-order valence-corrected chi connectivity index (χ0v) is 15.8. The van der Waals surface area contributed by atoms with E-state index in [1.165, 1.54) is 5.56 Å². The van der Waals surface area contributed by atoms with Crippen LogP contribution >= 0.6 is 0 Å². The Kier molecular flexibility index (Phi) is 5.49. The lowest BCUT2D eigenvalue weighted by Gasteiger charge is -2.47. The summed E-state index contributed by atoms with van der Waals surface area (Å²) < 4.78 is 11.8. The van der Waals surface area contributed by atoms with Crippen LogP contribution in [0, 0.1) is 0 Å². The minimum Gasteiger partial charge on any atom is -0.378 e. The number of hydrogen-bond acceptors (Lipinski definition) is 3. The van der Waals surface area contributed by atoms with Crippen LogP contribution in [0.4, 0.5) is 0 Å². The maximum absolute atomic E-state index is 12.9. The van der Waals surface area contributed by atoms with Crippen molar-refractivity contribution in [2.24, 2.45) is 0 Å². The lowest BCUT2D eigenvalue weighted by Crippen LogP contribution is -2.59. The van der Waals surface area contributed by atoms with Crippen LogP contribution < -0.4 is 0 Å². The third-order valence-corrected chi connectivity index (χ3v) is 5.57. The first-order chi connectivity index (χ1) is 11.9. The van der Waals surface area contributed by atoms with Gasteiger partial charge in [0.1, 0.15) is 5.60 Å². The molecular weight excluding hydrogens is 314 g/mol. The number of carbonyl (C=O) groups is 1. The molecule has 0 saturated carbocycles. The van der Waals surface area contributed by atoms with Crippen molar-refractivity contribution in [3.63, 3.8) is 0 Å². The SMILES string of the molecule is C[C@@H]1CN(C(=O)CCC(C)(C)c2ccccc2)C[C@@]2(CCCOC2)O1. The van der Waals surface area contributed by atoms with Gasteiger partial charge in [0.05, 0.1) is 19.3 Å². The summed E-state index contributed by atoms with van der Waals surface area (Å²) in [7, 11) is 0. The van der Waals surface area contributed by atoms with Crippen LogP contribution in [0.2, 0.25) is 0 Å². The summed E-state index contributed by atoms with van der Waals surface area (Å²) in [5.74, 6) is 0.240. The average molecular weight is 345 g/mol. The molecule has 1 aromatic rings. The molecule has 2 heterocycles. The Labute approximate surface area is 151 Å². The third-order valence-electron chi connectivity index (χ3n) is 5.57. The third kappa shape index (κ3) is 4.42. The van der Waals surface area contributed by atoms with Crippen molar-refractivity contribution in [3.05, 3.63) is 35.9 Å². The minimum absolute atomic E-state index is 0.000456. The molecule has 2 atom stereocenters. The Morgan fingerprint density at radius 2 is 2.08 bits per heavy atom. The van der Waals surface area contributed by atoms with Crippen molar-refractivity contribution in [2.75, 3.05) is 26.3 Å². The van der Waals surface area contributed by atoms with Crippen LogP contribution in [0.15, 0.2) is 30.3 Å². The van der Waals surface area contributed by atoms with E-state index in [1.54, 1.807) is 0 Å².